The lowest BCUT2D eigenvalue weighted by Gasteiger charge is -2.38. The topological polar surface area (TPSA) is 42.0 Å². The summed E-state index contributed by atoms with van der Waals surface area (Å²) in [5.74, 6) is -0.378. The minimum absolute atomic E-state index is 0.0625. The van der Waals surface area contributed by atoms with Gasteiger partial charge in [0.25, 0.3) is 5.91 Å². The lowest BCUT2D eigenvalue weighted by atomic mass is 9.76. The van der Waals surface area contributed by atoms with E-state index in [1.807, 2.05) is 4.90 Å². The van der Waals surface area contributed by atoms with Crippen molar-refractivity contribution in [3.8, 4) is 0 Å². The molecule has 0 N–H and O–H groups in total. The lowest BCUT2D eigenvalue weighted by Crippen LogP contribution is -2.44. The predicted octanol–water partition coefficient (Wildman–Crippen LogP) is 2.48. The molecule has 1 spiro atoms. The van der Waals surface area contributed by atoms with E-state index in [0.717, 1.165) is 71.8 Å². The van der Waals surface area contributed by atoms with Crippen LogP contribution in [0.4, 0.5) is 4.39 Å². The average Bonchev–Trinajstić information content (AvgIpc) is 3.07. The Morgan fingerprint density at radius 1 is 1.22 bits per heavy atom. The van der Waals surface area contributed by atoms with Gasteiger partial charge in [-0.3, -0.25) is 9.69 Å². The molecule has 3 aliphatic heterocycles. The van der Waals surface area contributed by atoms with Crippen LogP contribution in [-0.4, -0.2) is 74.4 Å². The van der Waals surface area contributed by atoms with Gasteiger partial charge in [0, 0.05) is 38.3 Å². The zero-order valence-electron chi connectivity index (χ0n) is 16.1. The maximum atomic E-state index is 13.8. The Morgan fingerprint density at radius 3 is 2.67 bits per heavy atom. The molecule has 1 atom stereocenters. The maximum absolute atomic E-state index is 13.8. The summed E-state index contributed by atoms with van der Waals surface area (Å²) < 4.78 is 25.3. The Kier molecular flexibility index (Phi) is 5.48. The molecule has 1 unspecified atom stereocenters. The van der Waals surface area contributed by atoms with Crippen molar-refractivity contribution in [3.05, 3.63) is 35.1 Å². The molecule has 0 radical (unpaired) electrons. The van der Waals surface area contributed by atoms with Gasteiger partial charge < -0.3 is 14.4 Å². The second kappa shape index (κ2) is 7.86. The van der Waals surface area contributed by atoms with Gasteiger partial charge in [-0.05, 0) is 49.3 Å². The van der Waals surface area contributed by atoms with Crippen molar-refractivity contribution >= 4 is 5.91 Å². The fourth-order valence-corrected chi connectivity index (χ4v) is 4.53. The molecule has 0 aliphatic carbocycles. The molecular weight excluding hydrogens is 347 g/mol. The van der Waals surface area contributed by atoms with Crippen molar-refractivity contribution in [1.82, 2.24) is 9.80 Å². The first-order chi connectivity index (χ1) is 13.0. The van der Waals surface area contributed by atoms with Crippen LogP contribution in [0.2, 0.25) is 0 Å². The lowest BCUT2D eigenvalue weighted by molar-refractivity contribution is 0.00524. The number of rotatable bonds is 3. The summed E-state index contributed by atoms with van der Waals surface area (Å²) in [5, 5.41) is 0. The molecule has 3 fully saturated rings. The quantitative estimate of drug-likeness (QED) is 0.813. The Bertz CT molecular complexity index is 682. The molecule has 1 amide bonds. The fraction of sp³-hybridized carbons (Fsp3) is 0.667. The third-order valence-corrected chi connectivity index (χ3v) is 6.38. The van der Waals surface area contributed by atoms with Crippen LogP contribution in [0.15, 0.2) is 18.2 Å². The third-order valence-electron chi connectivity index (χ3n) is 6.38. The second-order valence-corrected chi connectivity index (χ2v) is 8.31. The molecule has 4 rings (SSSR count). The maximum Gasteiger partial charge on any atom is 0.253 e. The van der Waals surface area contributed by atoms with E-state index in [2.05, 4.69) is 4.90 Å². The number of morpholine rings is 1. The van der Waals surface area contributed by atoms with Gasteiger partial charge in [0.2, 0.25) is 0 Å². The number of hydrogen-bond acceptors (Lipinski definition) is 4. The van der Waals surface area contributed by atoms with E-state index in [9.17, 15) is 9.18 Å². The SMILES string of the molecule is Cc1ccc(C(=O)N2CCC3(CC2)COC(CN2CCOCC2)C3)cc1F. The number of amides is 1. The number of aryl methyl sites for hydroxylation is 1. The van der Waals surface area contributed by atoms with Crippen LogP contribution in [0.3, 0.4) is 0 Å². The van der Waals surface area contributed by atoms with Crippen molar-refractivity contribution in [2.24, 2.45) is 5.41 Å². The van der Waals surface area contributed by atoms with Gasteiger partial charge in [0.15, 0.2) is 0 Å². The number of nitrogens with zero attached hydrogens (tertiary/aromatic N) is 2. The van der Waals surface area contributed by atoms with Crippen LogP contribution in [0.1, 0.15) is 35.2 Å². The molecule has 1 aromatic rings. The zero-order chi connectivity index (χ0) is 18.9. The van der Waals surface area contributed by atoms with E-state index < -0.39 is 0 Å². The first-order valence-electron chi connectivity index (χ1n) is 10.0. The van der Waals surface area contributed by atoms with Crippen molar-refractivity contribution in [2.45, 2.75) is 32.3 Å². The molecule has 0 aromatic heterocycles. The average molecular weight is 376 g/mol. The molecule has 3 heterocycles. The van der Waals surface area contributed by atoms with Gasteiger partial charge in [-0.1, -0.05) is 6.07 Å². The molecule has 148 valence electrons. The van der Waals surface area contributed by atoms with E-state index in [1.54, 1.807) is 19.1 Å². The van der Waals surface area contributed by atoms with Crippen molar-refractivity contribution < 1.29 is 18.7 Å². The first kappa shape index (κ1) is 18.8. The van der Waals surface area contributed by atoms with Crippen molar-refractivity contribution in [2.75, 3.05) is 52.5 Å². The molecule has 5 nitrogen and oxygen atoms in total. The minimum Gasteiger partial charge on any atom is -0.379 e. The van der Waals surface area contributed by atoms with E-state index in [4.69, 9.17) is 9.47 Å². The molecule has 3 aliphatic rings. The second-order valence-electron chi connectivity index (χ2n) is 8.31. The van der Waals surface area contributed by atoms with Gasteiger partial charge in [-0.15, -0.1) is 0 Å². The number of benzene rings is 1. The number of ether oxygens (including phenoxy) is 2. The van der Waals surface area contributed by atoms with Crippen LogP contribution >= 0.6 is 0 Å². The monoisotopic (exact) mass is 376 g/mol. The number of piperidine rings is 1. The van der Waals surface area contributed by atoms with Crippen LogP contribution in [-0.2, 0) is 9.47 Å². The molecule has 0 saturated carbocycles. The molecule has 6 heteroatoms. The number of halogens is 1. The highest BCUT2D eigenvalue weighted by Crippen LogP contribution is 2.42. The highest BCUT2D eigenvalue weighted by Gasteiger charge is 2.43. The summed E-state index contributed by atoms with van der Waals surface area (Å²) in [6, 6.07) is 4.76. The van der Waals surface area contributed by atoms with E-state index in [1.165, 1.54) is 6.07 Å². The Hall–Kier alpha value is -1.50. The molecule has 3 saturated heterocycles. The Labute approximate surface area is 160 Å². The van der Waals surface area contributed by atoms with Gasteiger partial charge >= 0.3 is 0 Å². The summed E-state index contributed by atoms with van der Waals surface area (Å²) in [5.41, 5.74) is 1.21. The zero-order valence-corrected chi connectivity index (χ0v) is 16.1. The predicted molar refractivity (Wildman–Crippen MR) is 100 cm³/mol. The summed E-state index contributed by atoms with van der Waals surface area (Å²) >= 11 is 0. The van der Waals surface area contributed by atoms with E-state index in [0.29, 0.717) is 11.1 Å². The Balaban J connectivity index is 1.30. The molecule has 1 aromatic carbocycles. The molecular formula is C21H29FN2O3. The van der Waals surface area contributed by atoms with Gasteiger partial charge in [-0.2, -0.15) is 0 Å². The number of hydrogen-bond donors (Lipinski definition) is 0. The van der Waals surface area contributed by atoms with Gasteiger partial charge in [0.1, 0.15) is 5.82 Å². The summed E-state index contributed by atoms with van der Waals surface area (Å²) in [7, 11) is 0. The van der Waals surface area contributed by atoms with Gasteiger partial charge in [0.05, 0.1) is 25.9 Å². The number of carbonyl (C=O) groups excluding carboxylic acids is 1. The molecule has 0 bridgehead atoms. The van der Waals surface area contributed by atoms with E-state index in [-0.39, 0.29) is 23.2 Å². The largest absolute Gasteiger partial charge is 0.379 e. The Morgan fingerprint density at radius 2 is 1.96 bits per heavy atom. The summed E-state index contributed by atoms with van der Waals surface area (Å²) in [6.45, 7) is 8.54. The highest BCUT2D eigenvalue weighted by atomic mass is 19.1. The van der Waals surface area contributed by atoms with Crippen LogP contribution in [0.5, 0.6) is 0 Å². The smallest absolute Gasteiger partial charge is 0.253 e. The van der Waals surface area contributed by atoms with Crippen LogP contribution in [0.25, 0.3) is 0 Å². The van der Waals surface area contributed by atoms with Crippen LogP contribution in [0, 0.1) is 18.2 Å². The summed E-state index contributed by atoms with van der Waals surface area (Å²) in [4.78, 5) is 17.0. The van der Waals surface area contributed by atoms with Gasteiger partial charge in [-0.25, -0.2) is 4.39 Å². The van der Waals surface area contributed by atoms with E-state index >= 15 is 0 Å². The first-order valence-corrected chi connectivity index (χ1v) is 10.0. The third kappa shape index (κ3) is 4.18. The number of carbonyl (C=O) groups is 1. The highest BCUT2D eigenvalue weighted by molar-refractivity contribution is 5.94. The summed E-state index contributed by atoms with van der Waals surface area (Å²) in [6.07, 6.45) is 3.29. The fourth-order valence-electron chi connectivity index (χ4n) is 4.53. The number of likely N-dealkylation sites (tertiary alicyclic amines) is 1. The van der Waals surface area contributed by atoms with Crippen molar-refractivity contribution in [1.29, 1.82) is 0 Å². The normalized spacial score (nSPS) is 25.9. The minimum atomic E-state index is -0.315. The van der Waals surface area contributed by atoms with Crippen molar-refractivity contribution in [3.63, 3.8) is 0 Å². The van der Waals surface area contributed by atoms with Crippen LogP contribution < -0.4 is 0 Å². The standard InChI is InChI=1S/C21H29FN2O3/c1-16-2-3-17(12-19(16)22)20(25)24-6-4-21(5-7-24)13-18(27-15-21)14-23-8-10-26-11-9-23/h2-3,12,18H,4-11,13-15H2,1H3. The molecule has 27 heavy (non-hydrogen) atoms.